The van der Waals surface area contributed by atoms with E-state index in [1.54, 1.807) is 13.8 Å². The third-order valence-corrected chi connectivity index (χ3v) is 2.93. The van der Waals surface area contributed by atoms with Gasteiger partial charge in [-0.3, -0.25) is 14.9 Å². The molecule has 1 atom stereocenters. The summed E-state index contributed by atoms with van der Waals surface area (Å²) >= 11 is 5.77. The minimum absolute atomic E-state index is 0.0806. The summed E-state index contributed by atoms with van der Waals surface area (Å²) in [7, 11) is 0. The maximum atomic E-state index is 12.8. The Balaban J connectivity index is 2.57. The monoisotopic (exact) mass is 302 g/mol. The standard InChI is InChI=1S/C13H16ClFN2O3/c1-7(2)12(13(19)20)16-6-11(18)17-10-4-3-8(15)5-9(10)14/h3-5,7,12,16H,6H2,1-2H3,(H,17,18)(H,19,20). The molecule has 0 aliphatic heterocycles. The van der Waals surface area contributed by atoms with Crippen molar-refractivity contribution in [3.63, 3.8) is 0 Å². The van der Waals surface area contributed by atoms with E-state index in [9.17, 15) is 14.0 Å². The number of carbonyl (C=O) groups is 2. The first-order valence-corrected chi connectivity index (χ1v) is 6.40. The van der Waals surface area contributed by atoms with Crippen LogP contribution < -0.4 is 10.6 Å². The van der Waals surface area contributed by atoms with Gasteiger partial charge in [0.15, 0.2) is 0 Å². The highest BCUT2D eigenvalue weighted by atomic mass is 35.5. The second kappa shape index (κ2) is 7.21. The van der Waals surface area contributed by atoms with Gasteiger partial charge >= 0.3 is 5.97 Å². The first kappa shape index (κ1) is 16.4. The molecule has 7 heteroatoms. The van der Waals surface area contributed by atoms with E-state index in [0.717, 1.165) is 6.07 Å². The molecule has 1 unspecified atom stereocenters. The van der Waals surface area contributed by atoms with Gasteiger partial charge in [-0.25, -0.2) is 4.39 Å². The fourth-order valence-electron chi connectivity index (χ4n) is 1.60. The Morgan fingerprint density at radius 1 is 1.40 bits per heavy atom. The van der Waals surface area contributed by atoms with Gasteiger partial charge < -0.3 is 10.4 Å². The van der Waals surface area contributed by atoms with Crippen LogP contribution in [0.5, 0.6) is 0 Å². The number of amides is 1. The van der Waals surface area contributed by atoms with E-state index in [4.69, 9.17) is 16.7 Å². The van der Waals surface area contributed by atoms with Crippen LogP contribution >= 0.6 is 11.6 Å². The lowest BCUT2D eigenvalue weighted by Crippen LogP contribution is -2.44. The number of hydrogen-bond acceptors (Lipinski definition) is 3. The molecule has 0 fully saturated rings. The van der Waals surface area contributed by atoms with E-state index in [1.807, 2.05) is 0 Å². The summed E-state index contributed by atoms with van der Waals surface area (Å²) in [6, 6.07) is 2.78. The fourth-order valence-corrected chi connectivity index (χ4v) is 1.81. The van der Waals surface area contributed by atoms with Crippen LogP contribution in [0.15, 0.2) is 18.2 Å². The molecule has 0 saturated heterocycles. The molecule has 0 radical (unpaired) electrons. The molecule has 1 aromatic rings. The summed E-state index contributed by atoms with van der Waals surface area (Å²) in [5.41, 5.74) is 0.274. The molecule has 0 bridgehead atoms. The van der Waals surface area contributed by atoms with Crippen molar-refractivity contribution in [1.29, 1.82) is 0 Å². The van der Waals surface area contributed by atoms with E-state index in [0.29, 0.717) is 0 Å². The minimum atomic E-state index is -1.02. The number of carbonyl (C=O) groups excluding carboxylic acids is 1. The van der Waals surface area contributed by atoms with E-state index in [-0.39, 0.29) is 23.2 Å². The lowest BCUT2D eigenvalue weighted by molar-refractivity contribution is -0.140. The molecule has 1 aromatic carbocycles. The van der Waals surface area contributed by atoms with E-state index in [2.05, 4.69) is 10.6 Å². The van der Waals surface area contributed by atoms with Gasteiger partial charge in [-0.1, -0.05) is 25.4 Å². The zero-order valence-electron chi connectivity index (χ0n) is 11.1. The van der Waals surface area contributed by atoms with E-state index >= 15 is 0 Å². The number of nitrogens with one attached hydrogen (secondary N) is 2. The molecule has 0 spiro atoms. The third-order valence-electron chi connectivity index (χ3n) is 2.62. The highest BCUT2D eigenvalue weighted by Crippen LogP contribution is 2.22. The number of carboxylic acid groups (broad SMARTS) is 1. The Morgan fingerprint density at radius 3 is 2.55 bits per heavy atom. The number of rotatable bonds is 6. The Morgan fingerprint density at radius 2 is 2.05 bits per heavy atom. The largest absolute Gasteiger partial charge is 0.480 e. The summed E-state index contributed by atoms with van der Waals surface area (Å²) in [5, 5.41) is 14.2. The Labute approximate surface area is 121 Å². The first-order valence-electron chi connectivity index (χ1n) is 6.02. The molecule has 0 heterocycles. The molecule has 110 valence electrons. The Bertz CT molecular complexity index is 508. The zero-order valence-corrected chi connectivity index (χ0v) is 11.9. The van der Waals surface area contributed by atoms with Crippen molar-refractivity contribution in [2.75, 3.05) is 11.9 Å². The van der Waals surface area contributed by atoms with Crippen molar-refractivity contribution >= 4 is 29.2 Å². The van der Waals surface area contributed by atoms with Crippen LogP contribution in [0, 0.1) is 11.7 Å². The molecule has 0 aliphatic rings. The van der Waals surface area contributed by atoms with Crippen molar-refractivity contribution in [2.24, 2.45) is 5.92 Å². The highest BCUT2D eigenvalue weighted by molar-refractivity contribution is 6.33. The van der Waals surface area contributed by atoms with Crippen molar-refractivity contribution in [3.05, 3.63) is 29.0 Å². The predicted octanol–water partition coefficient (Wildman–Crippen LogP) is 2.12. The first-order chi connectivity index (χ1) is 9.31. The van der Waals surface area contributed by atoms with Crippen LogP contribution in [0.4, 0.5) is 10.1 Å². The Kier molecular flexibility index (Phi) is 5.91. The van der Waals surface area contributed by atoms with Crippen LogP contribution in [-0.2, 0) is 9.59 Å². The summed E-state index contributed by atoms with van der Waals surface area (Å²) < 4.78 is 12.8. The molecule has 0 saturated carbocycles. The molecule has 5 nitrogen and oxygen atoms in total. The minimum Gasteiger partial charge on any atom is -0.480 e. The normalized spacial score (nSPS) is 12.2. The van der Waals surface area contributed by atoms with Gasteiger partial charge in [-0.2, -0.15) is 0 Å². The topological polar surface area (TPSA) is 78.4 Å². The average molecular weight is 303 g/mol. The van der Waals surface area contributed by atoms with E-state index in [1.165, 1.54) is 12.1 Å². The molecule has 3 N–H and O–H groups in total. The summed E-state index contributed by atoms with van der Waals surface area (Å²) in [4.78, 5) is 22.6. The number of carboxylic acids is 1. The smallest absolute Gasteiger partial charge is 0.320 e. The lowest BCUT2D eigenvalue weighted by atomic mass is 10.1. The molecular weight excluding hydrogens is 287 g/mol. The predicted molar refractivity (Wildman–Crippen MR) is 74.3 cm³/mol. The SMILES string of the molecule is CC(C)C(NCC(=O)Nc1ccc(F)cc1Cl)C(=O)O. The summed E-state index contributed by atoms with van der Waals surface area (Å²) in [6.07, 6.45) is 0. The molecule has 0 aliphatic carbocycles. The van der Waals surface area contributed by atoms with Gasteiger partial charge in [-0.15, -0.1) is 0 Å². The molecular formula is C13H16ClFN2O3. The number of anilines is 1. The van der Waals surface area contributed by atoms with Gasteiger partial charge in [0.25, 0.3) is 0 Å². The van der Waals surface area contributed by atoms with Gasteiger partial charge in [0.1, 0.15) is 11.9 Å². The second-order valence-electron chi connectivity index (χ2n) is 4.61. The maximum absolute atomic E-state index is 12.8. The number of aliphatic carboxylic acids is 1. The maximum Gasteiger partial charge on any atom is 0.320 e. The van der Waals surface area contributed by atoms with Crippen LogP contribution in [0.1, 0.15) is 13.8 Å². The Hall–Kier alpha value is -1.66. The molecule has 0 aromatic heterocycles. The van der Waals surface area contributed by atoms with Gasteiger partial charge in [-0.05, 0) is 24.1 Å². The van der Waals surface area contributed by atoms with Gasteiger partial charge in [0.2, 0.25) is 5.91 Å². The van der Waals surface area contributed by atoms with Crippen molar-refractivity contribution in [2.45, 2.75) is 19.9 Å². The molecule has 20 heavy (non-hydrogen) atoms. The molecule has 1 amide bonds. The van der Waals surface area contributed by atoms with Crippen molar-refractivity contribution < 1.29 is 19.1 Å². The van der Waals surface area contributed by atoms with Crippen LogP contribution in [0.3, 0.4) is 0 Å². The van der Waals surface area contributed by atoms with E-state index < -0.39 is 23.7 Å². The van der Waals surface area contributed by atoms with Gasteiger partial charge in [0, 0.05) is 0 Å². The van der Waals surface area contributed by atoms with Crippen molar-refractivity contribution in [3.8, 4) is 0 Å². The zero-order chi connectivity index (χ0) is 15.3. The third kappa shape index (κ3) is 4.79. The average Bonchev–Trinajstić information content (AvgIpc) is 2.32. The summed E-state index contributed by atoms with van der Waals surface area (Å²) in [6.45, 7) is 3.30. The van der Waals surface area contributed by atoms with Gasteiger partial charge in [0.05, 0.1) is 17.3 Å². The lowest BCUT2D eigenvalue weighted by Gasteiger charge is -2.17. The van der Waals surface area contributed by atoms with Crippen molar-refractivity contribution in [1.82, 2.24) is 5.32 Å². The van der Waals surface area contributed by atoms with Crippen LogP contribution in [-0.4, -0.2) is 29.6 Å². The number of halogens is 2. The molecule has 1 rings (SSSR count). The van der Waals surface area contributed by atoms with Crippen LogP contribution in [0.2, 0.25) is 5.02 Å². The highest BCUT2D eigenvalue weighted by Gasteiger charge is 2.21. The number of benzene rings is 1. The fraction of sp³-hybridized carbons (Fsp3) is 0.385. The second-order valence-corrected chi connectivity index (χ2v) is 5.02. The van der Waals surface area contributed by atoms with Crippen LogP contribution in [0.25, 0.3) is 0 Å². The number of hydrogen-bond donors (Lipinski definition) is 3. The summed E-state index contributed by atoms with van der Waals surface area (Å²) in [5.74, 6) is -2.13. The quantitative estimate of drug-likeness (QED) is 0.752.